The van der Waals surface area contributed by atoms with E-state index in [-0.39, 0.29) is 17.5 Å². The molecule has 1 N–H and O–H groups in total. The number of hydrogen-bond donors (Lipinski definition) is 1. The van der Waals surface area contributed by atoms with Crippen LogP contribution in [-0.4, -0.2) is 27.5 Å². The zero-order valence-electron chi connectivity index (χ0n) is 10.7. The first-order valence-electron chi connectivity index (χ1n) is 5.82. The molecule has 1 rings (SSSR count). The minimum Gasteiger partial charge on any atom is -0.366 e. The Morgan fingerprint density at radius 3 is 2.25 bits per heavy atom. The number of hydrogen-bond acceptors (Lipinski definition) is 4. The van der Waals surface area contributed by atoms with Crippen LogP contribution in [0.5, 0.6) is 0 Å². The van der Waals surface area contributed by atoms with Crippen LogP contribution in [0.4, 0.5) is 0 Å². The Kier molecular flexibility index (Phi) is 3.95. The second-order valence-electron chi connectivity index (χ2n) is 5.70. The smallest absolute Gasteiger partial charge is 0.187 e. The van der Waals surface area contributed by atoms with Gasteiger partial charge in [0.2, 0.25) is 0 Å². The molecule has 0 spiro atoms. The van der Waals surface area contributed by atoms with Crippen LogP contribution in [0.2, 0.25) is 0 Å². The lowest BCUT2D eigenvalue weighted by Gasteiger charge is -2.51. The molecule has 1 unspecified atom stereocenters. The average Bonchev–Trinajstić information content (AvgIpc) is 2.11. The van der Waals surface area contributed by atoms with Crippen LogP contribution < -0.4 is 0 Å². The molecule has 0 bridgehead atoms. The van der Waals surface area contributed by atoms with Crippen molar-refractivity contribution in [2.45, 2.75) is 70.7 Å². The molecule has 0 radical (unpaired) electrons. The summed E-state index contributed by atoms with van der Waals surface area (Å²) in [6.45, 7) is 8.42. The first-order chi connectivity index (χ1) is 7.29. The molecule has 1 saturated heterocycles. The van der Waals surface area contributed by atoms with Crippen molar-refractivity contribution in [1.82, 2.24) is 5.06 Å². The zero-order chi connectivity index (χ0) is 12.4. The second-order valence-corrected chi connectivity index (χ2v) is 5.70. The Bertz CT molecular complexity index is 265. The first kappa shape index (κ1) is 13.4. The maximum absolute atomic E-state index is 9.58. The number of hydroxylamine groups is 2. The monoisotopic (exact) mass is 226 g/mol. The standard InChI is InChI=1S/C12H22N2O2/c1-11(2)7-5-8-12(3,4)14(11)16-10(15)6-9-13/h10,15H,5-8H2,1-4H3. The van der Waals surface area contributed by atoms with Crippen LogP contribution in [0.25, 0.3) is 0 Å². The summed E-state index contributed by atoms with van der Waals surface area (Å²) in [6, 6.07) is 1.91. The second kappa shape index (κ2) is 4.70. The van der Waals surface area contributed by atoms with Crippen LogP contribution in [0, 0.1) is 11.3 Å². The average molecular weight is 226 g/mol. The largest absolute Gasteiger partial charge is 0.366 e. The van der Waals surface area contributed by atoms with E-state index in [1.807, 2.05) is 11.1 Å². The van der Waals surface area contributed by atoms with Crippen molar-refractivity contribution in [3.05, 3.63) is 0 Å². The van der Waals surface area contributed by atoms with Crippen molar-refractivity contribution in [1.29, 1.82) is 5.26 Å². The number of nitriles is 1. The van der Waals surface area contributed by atoms with E-state index in [4.69, 9.17) is 10.1 Å². The number of aliphatic hydroxyl groups is 1. The fraction of sp³-hybridized carbons (Fsp3) is 0.917. The normalized spacial score (nSPS) is 26.0. The molecule has 92 valence electrons. The Morgan fingerprint density at radius 2 is 1.81 bits per heavy atom. The zero-order valence-corrected chi connectivity index (χ0v) is 10.7. The summed E-state index contributed by atoms with van der Waals surface area (Å²) in [5, 5.41) is 20.0. The molecule has 0 aromatic carbocycles. The van der Waals surface area contributed by atoms with E-state index in [1.54, 1.807) is 0 Å². The van der Waals surface area contributed by atoms with Crippen LogP contribution in [0.15, 0.2) is 0 Å². The highest BCUT2D eigenvalue weighted by Crippen LogP contribution is 2.38. The molecule has 4 heteroatoms. The highest BCUT2D eigenvalue weighted by molar-refractivity contribution is 4.93. The summed E-state index contributed by atoms with van der Waals surface area (Å²) in [4.78, 5) is 5.53. The lowest BCUT2D eigenvalue weighted by molar-refractivity contribution is -0.342. The first-order valence-corrected chi connectivity index (χ1v) is 5.82. The molecule has 0 aromatic heterocycles. The molecule has 1 aliphatic rings. The third-order valence-electron chi connectivity index (χ3n) is 3.17. The molecule has 0 amide bonds. The van der Waals surface area contributed by atoms with Gasteiger partial charge in [0, 0.05) is 11.1 Å². The van der Waals surface area contributed by atoms with Crippen molar-refractivity contribution in [2.75, 3.05) is 0 Å². The molecule has 4 nitrogen and oxygen atoms in total. The Hall–Kier alpha value is -0.630. The van der Waals surface area contributed by atoms with E-state index in [0.29, 0.717) is 0 Å². The molecule has 16 heavy (non-hydrogen) atoms. The SMILES string of the molecule is CC1(C)CCCC(C)(C)N1OC(O)CC#N. The molecular weight excluding hydrogens is 204 g/mol. The molecule has 0 aromatic rings. The van der Waals surface area contributed by atoms with Gasteiger partial charge in [-0.15, -0.1) is 0 Å². The van der Waals surface area contributed by atoms with Gasteiger partial charge in [-0.25, -0.2) is 0 Å². The van der Waals surface area contributed by atoms with Gasteiger partial charge in [0.25, 0.3) is 0 Å². The van der Waals surface area contributed by atoms with E-state index < -0.39 is 6.29 Å². The van der Waals surface area contributed by atoms with Gasteiger partial charge in [0.1, 0.15) is 0 Å². The summed E-state index contributed by atoms with van der Waals surface area (Å²) < 4.78 is 0. The minimum atomic E-state index is -1.03. The third kappa shape index (κ3) is 2.94. The lowest BCUT2D eigenvalue weighted by Crippen LogP contribution is -2.59. The highest BCUT2D eigenvalue weighted by atomic mass is 16.8. The van der Waals surface area contributed by atoms with Crippen LogP contribution in [0.3, 0.4) is 0 Å². The maximum Gasteiger partial charge on any atom is 0.187 e. The van der Waals surface area contributed by atoms with Crippen molar-refractivity contribution < 1.29 is 9.94 Å². The number of piperidine rings is 1. The number of rotatable bonds is 3. The van der Waals surface area contributed by atoms with Crippen molar-refractivity contribution >= 4 is 0 Å². The van der Waals surface area contributed by atoms with Gasteiger partial charge in [-0.2, -0.15) is 10.3 Å². The van der Waals surface area contributed by atoms with E-state index in [9.17, 15) is 5.11 Å². The van der Waals surface area contributed by atoms with Gasteiger partial charge in [-0.1, -0.05) is 0 Å². The van der Waals surface area contributed by atoms with Gasteiger partial charge >= 0.3 is 0 Å². The predicted octanol–water partition coefficient (Wildman–Crippen LogP) is 2.19. The van der Waals surface area contributed by atoms with Crippen molar-refractivity contribution in [3.8, 4) is 6.07 Å². The Labute approximate surface area is 97.8 Å². The van der Waals surface area contributed by atoms with E-state index in [0.717, 1.165) is 19.3 Å². The van der Waals surface area contributed by atoms with Crippen molar-refractivity contribution in [3.63, 3.8) is 0 Å². The summed E-state index contributed by atoms with van der Waals surface area (Å²) in [5.41, 5.74) is -0.198. The summed E-state index contributed by atoms with van der Waals surface area (Å²) in [7, 11) is 0. The third-order valence-corrected chi connectivity index (χ3v) is 3.17. The molecular formula is C12H22N2O2. The van der Waals surface area contributed by atoms with Gasteiger partial charge in [-0.3, -0.25) is 4.84 Å². The highest BCUT2D eigenvalue weighted by Gasteiger charge is 2.43. The molecule has 1 atom stereocenters. The van der Waals surface area contributed by atoms with E-state index in [1.165, 1.54) is 0 Å². The minimum absolute atomic E-state index is 0.00264. The lowest BCUT2D eigenvalue weighted by atomic mass is 9.82. The van der Waals surface area contributed by atoms with Gasteiger partial charge < -0.3 is 5.11 Å². The quantitative estimate of drug-likeness (QED) is 0.749. The summed E-state index contributed by atoms with van der Waals surface area (Å²) in [6.07, 6.45) is 2.21. The molecule has 0 aliphatic carbocycles. The van der Waals surface area contributed by atoms with E-state index >= 15 is 0 Å². The van der Waals surface area contributed by atoms with Crippen LogP contribution >= 0.6 is 0 Å². The number of aliphatic hydroxyl groups excluding tert-OH is 1. The fourth-order valence-electron chi connectivity index (χ4n) is 2.50. The molecule has 1 heterocycles. The molecule has 1 aliphatic heterocycles. The van der Waals surface area contributed by atoms with Gasteiger partial charge in [0.15, 0.2) is 6.29 Å². The number of nitrogens with zero attached hydrogens (tertiary/aromatic N) is 2. The van der Waals surface area contributed by atoms with Gasteiger partial charge in [-0.05, 0) is 47.0 Å². The van der Waals surface area contributed by atoms with E-state index in [2.05, 4.69) is 27.7 Å². The predicted molar refractivity (Wildman–Crippen MR) is 61.2 cm³/mol. The topological polar surface area (TPSA) is 56.5 Å². The summed E-state index contributed by atoms with van der Waals surface area (Å²) in [5.74, 6) is 0. The Morgan fingerprint density at radius 1 is 1.31 bits per heavy atom. The van der Waals surface area contributed by atoms with Crippen LogP contribution in [0.1, 0.15) is 53.4 Å². The summed E-state index contributed by atoms with van der Waals surface area (Å²) >= 11 is 0. The molecule has 0 saturated carbocycles. The fourth-order valence-corrected chi connectivity index (χ4v) is 2.50. The maximum atomic E-state index is 9.58. The van der Waals surface area contributed by atoms with Crippen molar-refractivity contribution in [2.24, 2.45) is 0 Å². The van der Waals surface area contributed by atoms with Crippen LogP contribution in [-0.2, 0) is 4.84 Å². The Balaban J connectivity index is 2.75. The van der Waals surface area contributed by atoms with Gasteiger partial charge in [0.05, 0.1) is 12.5 Å². The molecule has 1 fully saturated rings.